The summed E-state index contributed by atoms with van der Waals surface area (Å²) >= 11 is 0. The van der Waals surface area contributed by atoms with Crippen molar-refractivity contribution in [3.8, 4) is 0 Å². The van der Waals surface area contributed by atoms with Gasteiger partial charge in [-0.1, -0.05) is 12.1 Å². The van der Waals surface area contributed by atoms with E-state index in [1.165, 1.54) is 6.20 Å². The van der Waals surface area contributed by atoms with E-state index >= 15 is 0 Å². The predicted octanol–water partition coefficient (Wildman–Crippen LogP) is 2.71. The van der Waals surface area contributed by atoms with Crippen LogP contribution >= 0.6 is 0 Å². The summed E-state index contributed by atoms with van der Waals surface area (Å²) in [6, 6.07) is 6.76. The maximum atomic E-state index is 12.3. The van der Waals surface area contributed by atoms with Gasteiger partial charge >= 0.3 is 5.97 Å². The maximum absolute atomic E-state index is 12.3. The quantitative estimate of drug-likeness (QED) is 0.905. The number of anilines is 1. The summed E-state index contributed by atoms with van der Waals surface area (Å²) in [7, 11) is 0. The van der Waals surface area contributed by atoms with Crippen molar-refractivity contribution in [3.05, 3.63) is 53.1 Å². The first-order chi connectivity index (χ1) is 10.7. The zero-order valence-corrected chi connectivity index (χ0v) is 13.5. The number of nitrogens with one attached hydrogen (secondary N) is 1. The minimum absolute atomic E-state index is 0.298. The Hall–Kier alpha value is -2.76. The largest absolute Gasteiger partial charge is 0.481 e. The van der Waals surface area contributed by atoms with E-state index in [4.69, 9.17) is 0 Å². The molecule has 0 saturated carbocycles. The molecule has 0 aliphatic carbocycles. The Morgan fingerprint density at radius 3 is 2.26 bits per heavy atom. The average Bonchev–Trinajstić information content (AvgIpc) is 2.47. The van der Waals surface area contributed by atoms with Gasteiger partial charge in [0, 0.05) is 11.9 Å². The third-order valence-corrected chi connectivity index (χ3v) is 3.74. The number of nitrogens with zero attached hydrogens (tertiary/aromatic N) is 2. The number of carbonyl (C=O) groups is 2. The molecule has 120 valence electrons. The van der Waals surface area contributed by atoms with Crippen molar-refractivity contribution in [1.29, 1.82) is 0 Å². The SMILES string of the molecule is Cc1ncc(C(=O)Nc2ccc(C(C)(C)C(=O)O)cc2)c(C)n1. The number of benzene rings is 1. The molecule has 1 aromatic carbocycles. The highest BCUT2D eigenvalue weighted by Crippen LogP contribution is 2.25. The second-order valence-corrected chi connectivity index (χ2v) is 5.88. The molecule has 1 aromatic heterocycles. The highest BCUT2D eigenvalue weighted by atomic mass is 16.4. The lowest BCUT2D eigenvalue weighted by molar-refractivity contribution is -0.142. The van der Waals surface area contributed by atoms with E-state index in [2.05, 4.69) is 15.3 Å². The molecule has 1 amide bonds. The van der Waals surface area contributed by atoms with Gasteiger partial charge in [0.25, 0.3) is 5.91 Å². The van der Waals surface area contributed by atoms with Crippen LogP contribution in [0.2, 0.25) is 0 Å². The molecule has 0 unspecified atom stereocenters. The van der Waals surface area contributed by atoms with Crippen LogP contribution in [0.1, 0.15) is 41.3 Å². The molecule has 0 bridgehead atoms. The summed E-state index contributed by atoms with van der Waals surface area (Å²) in [4.78, 5) is 31.7. The zero-order chi connectivity index (χ0) is 17.2. The molecule has 0 aliphatic rings. The fourth-order valence-electron chi connectivity index (χ4n) is 2.10. The molecule has 6 nitrogen and oxygen atoms in total. The van der Waals surface area contributed by atoms with E-state index in [-0.39, 0.29) is 5.91 Å². The van der Waals surface area contributed by atoms with E-state index < -0.39 is 11.4 Å². The monoisotopic (exact) mass is 313 g/mol. The van der Waals surface area contributed by atoms with Gasteiger partial charge in [-0.2, -0.15) is 0 Å². The number of amides is 1. The van der Waals surface area contributed by atoms with Crippen molar-refractivity contribution in [3.63, 3.8) is 0 Å². The van der Waals surface area contributed by atoms with Gasteiger partial charge in [-0.25, -0.2) is 9.97 Å². The Labute approximate surface area is 134 Å². The van der Waals surface area contributed by atoms with Gasteiger partial charge < -0.3 is 10.4 Å². The Kier molecular flexibility index (Phi) is 4.45. The van der Waals surface area contributed by atoms with Crippen LogP contribution in [-0.4, -0.2) is 27.0 Å². The molecular weight excluding hydrogens is 294 g/mol. The van der Waals surface area contributed by atoms with Gasteiger partial charge in [-0.3, -0.25) is 9.59 Å². The van der Waals surface area contributed by atoms with Crippen molar-refractivity contribution >= 4 is 17.6 Å². The van der Waals surface area contributed by atoms with E-state index in [0.29, 0.717) is 28.3 Å². The third-order valence-electron chi connectivity index (χ3n) is 3.74. The number of rotatable bonds is 4. The summed E-state index contributed by atoms with van der Waals surface area (Å²) in [6.45, 7) is 6.78. The number of hydrogen-bond donors (Lipinski definition) is 2. The lowest BCUT2D eigenvalue weighted by atomic mass is 9.85. The van der Waals surface area contributed by atoms with Crippen LogP contribution < -0.4 is 5.32 Å². The van der Waals surface area contributed by atoms with E-state index in [0.717, 1.165) is 0 Å². The maximum Gasteiger partial charge on any atom is 0.313 e. The van der Waals surface area contributed by atoms with Gasteiger partial charge in [0.1, 0.15) is 5.82 Å². The normalized spacial score (nSPS) is 11.1. The van der Waals surface area contributed by atoms with Crippen LogP contribution in [0.5, 0.6) is 0 Å². The van der Waals surface area contributed by atoms with E-state index in [9.17, 15) is 14.7 Å². The molecule has 23 heavy (non-hydrogen) atoms. The second kappa shape index (κ2) is 6.16. The van der Waals surface area contributed by atoms with Crippen LogP contribution in [0.3, 0.4) is 0 Å². The first kappa shape index (κ1) is 16.6. The van der Waals surface area contributed by atoms with Gasteiger partial charge in [0.15, 0.2) is 0 Å². The van der Waals surface area contributed by atoms with Gasteiger partial charge in [0.2, 0.25) is 0 Å². The molecular formula is C17H19N3O3. The fraction of sp³-hybridized carbons (Fsp3) is 0.294. The minimum atomic E-state index is -0.982. The molecule has 0 saturated heterocycles. The van der Waals surface area contributed by atoms with Crippen molar-refractivity contribution < 1.29 is 14.7 Å². The van der Waals surface area contributed by atoms with Crippen LogP contribution in [0, 0.1) is 13.8 Å². The minimum Gasteiger partial charge on any atom is -0.481 e. The molecule has 1 heterocycles. The van der Waals surface area contributed by atoms with Crippen molar-refractivity contribution in [1.82, 2.24) is 9.97 Å². The lowest BCUT2D eigenvalue weighted by Gasteiger charge is -2.19. The summed E-state index contributed by atoms with van der Waals surface area (Å²) < 4.78 is 0. The van der Waals surface area contributed by atoms with Gasteiger partial charge in [0.05, 0.1) is 16.7 Å². The summed E-state index contributed by atoms with van der Waals surface area (Å²) in [5.41, 5.74) is 1.28. The number of hydrogen-bond acceptors (Lipinski definition) is 4. The zero-order valence-electron chi connectivity index (χ0n) is 13.5. The molecule has 2 N–H and O–H groups in total. The molecule has 0 spiro atoms. The summed E-state index contributed by atoms with van der Waals surface area (Å²) in [6.07, 6.45) is 1.49. The third kappa shape index (κ3) is 3.53. The Balaban J connectivity index is 2.18. The van der Waals surface area contributed by atoms with Crippen molar-refractivity contribution in [2.75, 3.05) is 5.32 Å². The number of aryl methyl sites for hydroxylation is 2. The van der Waals surface area contributed by atoms with Gasteiger partial charge in [-0.15, -0.1) is 0 Å². The number of carbonyl (C=O) groups excluding carboxylic acids is 1. The standard InChI is InChI=1S/C17H19N3O3/c1-10-14(9-18-11(2)19-10)15(21)20-13-7-5-12(6-8-13)17(3,4)16(22)23/h5-9H,1-4H3,(H,20,21)(H,22,23). The molecule has 6 heteroatoms. The number of carboxylic acid groups (broad SMARTS) is 1. The molecule has 0 fully saturated rings. The smallest absolute Gasteiger partial charge is 0.313 e. The topological polar surface area (TPSA) is 92.2 Å². The Morgan fingerprint density at radius 1 is 1.13 bits per heavy atom. The first-order valence-electron chi connectivity index (χ1n) is 7.17. The second-order valence-electron chi connectivity index (χ2n) is 5.88. The molecule has 2 rings (SSSR count). The number of carboxylic acids is 1. The van der Waals surface area contributed by atoms with Crippen LogP contribution in [0.4, 0.5) is 5.69 Å². The summed E-state index contributed by atoms with van der Waals surface area (Å²) in [5.74, 6) is -0.589. The Bertz CT molecular complexity index is 752. The van der Waals surface area contributed by atoms with Gasteiger partial charge in [-0.05, 0) is 45.4 Å². The molecule has 0 atom stereocenters. The predicted molar refractivity (Wildman–Crippen MR) is 86.6 cm³/mol. The Morgan fingerprint density at radius 2 is 1.74 bits per heavy atom. The molecule has 0 radical (unpaired) electrons. The van der Waals surface area contributed by atoms with Crippen LogP contribution in [0.15, 0.2) is 30.5 Å². The van der Waals surface area contributed by atoms with Crippen LogP contribution in [0.25, 0.3) is 0 Å². The van der Waals surface area contributed by atoms with Crippen molar-refractivity contribution in [2.24, 2.45) is 0 Å². The van der Waals surface area contributed by atoms with Crippen LogP contribution in [-0.2, 0) is 10.2 Å². The lowest BCUT2D eigenvalue weighted by Crippen LogP contribution is -2.28. The highest BCUT2D eigenvalue weighted by molar-refractivity contribution is 6.04. The highest BCUT2D eigenvalue weighted by Gasteiger charge is 2.29. The molecule has 0 aliphatic heterocycles. The first-order valence-corrected chi connectivity index (χ1v) is 7.17. The number of aromatic nitrogens is 2. The van der Waals surface area contributed by atoms with E-state index in [1.807, 2.05) is 0 Å². The summed E-state index contributed by atoms with van der Waals surface area (Å²) in [5, 5.41) is 12.0. The molecule has 2 aromatic rings. The van der Waals surface area contributed by atoms with E-state index in [1.54, 1.807) is 52.0 Å². The number of aliphatic carboxylic acids is 1. The fourth-order valence-corrected chi connectivity index (χ4v) is 2.10. The average molecular weight is 313 g/mol. The van der Waals surface area contributed by atoms with Crippen molar-refractivity contribution in [2.45, 2.75) is 33.1 Å².